The lowest BCUT2D eigenvalue weighted by Gasteiger charge is -2.28. The lowest BCUT2D eigenvalue weighted by molar-refractivity contribution is 0.404. The molecular weight excluding hydrogens is 414 g/mol. The molecule has 150 valence electrons. The summed E-state index contributed by atoms with van der Waals surface area (Å²) in [5, 5.41) is 8.10. The highest BCUT2D eigenvalue weighted by atomic mass is 35.5. The largest absolute Gasteiger partial charge is 0.496 e. The number of nitrogens with zero attached hydrogens (tertiary/aromatic N) is 4. The molecule has 29 heavy (non-hydrogen) atoms. The first-order valence-corrected chi connectivity index (χ1v) is 10.8. The van der Waals surface area contributed by atoms with Gasteiger partial charge in [0, 0.05) is 22.5 Å². The van der Waals surface area contributed by atoms with Gasteiger partial charge in [-0.3, -0.25) is 14.5 Å². The van der Waals surface area contributed by atoms with Crippen LogP contribution in [0, 0.1) is 0 Å². The zero-order valence-electron chi connectivity index (χ0n) is 15.6. The van der Waals surface area contributed by atoms with E-state index in [9.17, 15) is 8.42 Å². The van der Waals surface area contributed by atoms with Crippen LogP contribution in [0.25, 0.3) is 10.4 Å². The SMILES string of the molecule is COc1ccccc1[C@@H]1C=C(c2ccc(Cl)cc2)Nc2nc([N-]S(C)(=O)=O)nn21. The van der Waals surface area contributed by atoms with Crippen molar-refractivity contribution in [3.63, 3.8) is 0 Å². The van der Waals surface area contributed by atoms with Gasteiger partial charge in [-0.2, -0.15) is 0 Å². The van der Waals surface area contributed by atoms with Crippen LogP contribution >= 0.6 is 11.6 Å². The van der Waals surface area contributed by atoms with Gasteiger partial charge in [0.25, 0.3) is 0 Å². The van der Waals surface area contributed by atoms with Gasteiger partial charge in [-0.05, 0) is 29.8 Å². The van der Waals surface area contributed by atoms with Crippen molar-refractivity contribution >= 4 is 39.2 Å². The molecule has 0 saturated heterocycles. The highest BCUT2D eigenvalue weighted by molar-refractivity contribution is 7.93. The number of benzene rings is 2. The summed E-state index contributed by atoms with van der Waals surface area (Å²) in [7, 11) is -2.05. The molecule has 0 unspecified atom stereocenters. The molecule has 0 bridgehead atoms. The number of allylic oxidation sites excluding steroid dienone is 1. The summed E-state index contributed by atoms with van der Waals surface area (Å²) < 4.78 is 33.8. The lowest BCUT2D eigenvalue weighted by atomic mass is 10.0. The van der Waals surface area contributed by atoms with E-state index in [1.165, 1.54) is 0 Å². The van der Waals surface area contributed by atoms with Crippen molar-refractivity contribution in [2.24, 2.45) is 0 Å². The van der Waals surface area contributed by atoms with Gasteiger partial charge < -0.3 is 15.0 Å². The molecule has 8 nitrogen and oxygen atoms in total. The predicted octanol–water partition coefficient (Wildman–Crippen LogP) is 3.96. The number of fused-ring (bicyclic) bond motifs is 1. The van der Waals surface area contributed by atoms with Gasteiger partial charge in [-0.1, -0.05) is 41.9 Å². The van der Waals surface area contributed by atoms with Gasteiger partial charge in [0.05, 0.1) is 19.1 Å². The summed E-state index contributed by atoms with van der Waals surface area (Å²) in [5.41, 5.74) is 2.52. The van der Waals surface area contributed by atoms with E-state index in [0.717, 1.165) is 23.1 Å². The van der Waals surface area contributed by atoms with Gasteiger partial charge in [0.1, 0.15) is 11.7 Å². The van der Waals surface area contributed by atoms with E-state index >= 15 is 0 Å². The number of anilines is 1. The van der Waals surface area contributed by atoms with E-state index in [4.69, 9.17) is 16.3 Å². The molecule has 10 heteroatoms. The van der Waals surface area contributed by atoms with Crippen molar-refractivity contribution in [1.82, 2.24) is 14.8 Å². The number of hydrogen-bond acceptors (Lipinski definition) is 6. The fourth-order valence-electron chi connectivity index (χ4n) is 3.10. The number of ether oxygens (including phenoxy) is 1. The number of sulfonamides is 1. The monoisotopic (exact) mass is 430 g/mol. The Labute approximate surface area is 173 Å². The van der Waals surface area contributed by atoms with Gasteiger partial charge in [-0.15, -0.1) is 0 Å². The number of para-hydroxylation sites is 1. The maximum Gasteiger partial charge on any atom is 0.197 e. The molecule has 0 aliphatic carbocycles. The average molecular weight is 431 g/mol. The van der Waals surface area contributed by atoms with Crippen LogP contribution in [0.3, 0.4) is 0 Å². The Hall–Kier alpha value is -3.04. The molecule has 2 aromatic carbocycles. The summed E-state index contributed by atoms with van der Waals surface area (Å²) in [6.45, 7) is 0. The standard InChI is InChI=1S/C19H17ClN5O3S/c1-28-17-6-4-3-5-14(17)16-11-15(12-7-9-13(20)10-8-12)21-19-22-18(23-25(16)19)24-29(2,26)27/h3-11,16H,1-2H3,(H-,21,22,23,24)/q-1/t16-/m0/s1. The first-order valence-electron chi connectivity index (χ1n) is 8.61. The Balaban J connectivity index is 1.84. The van der Waals surface area contributed by atoms with E-state index in [0.29, 0.717) is 16.7 Å². The molecule has 0 amide bonds. The molecule has 1 N–H and O–H groups in total. The highest BCUT2D eigenvalue weighted by Gasteiger charge is 2.24. The average Bonchev–Trinajstić information content (AvgIpc) is 3.08. The molecular formula is C19H17ClN5O3S-. The number of hydrogen-bond donors (Lipinski definition) is 1. The third kappa shape index (κ3) is 4.06. The molecule has 0 radical (unpaired) electrons. The number of halogens is 1. The lowest BCUT2D eigenvalue weighted by Crippen LogP contribution is -2.20. The van der Waals surface area contributed by atoms with Crippen molar-refractivity contribution in [3.05, 3.63) is 75.5 Å². The quantitative estimate of drug-likeness (QED) is 0.657. The Morgan fingerprint density at radius 2 is 1.90 bits per heavy atom. The second-order valence-electron chi connectivity index (χ2n) is 6.40. The first kappa shape index (κ1) is 19.3. The summed E-state index contributed by atoms with van der Waals surface area (Å²) in [4.78, 5) is 4.25. The van der Waals surface area contributed by atoms with Crippen LogP contribution in [0.15, 0.2) is 54.6 Å². The molecule has 3 aromatic rings. The Morgan fingerprint density at radius 1 is 1.17 bits per heavy atom. The topological polar surface area (TPSA) is 100 Å². The molecule has 2 heterocycles. The molecule has 4 rings (SSSR count). The minimum atomic E-state index is -3.64. The number of methoxy groups -OCH3 is 1. The smallest absolute Gasteiger partial charge is 0.197 e. The normalized spacial score (nSPS) is 15.8. The van der Waals surface area contributed by atoms with Gasteiger partial charge in [0.2, 0.25) is 0 Å². The molecule has 0 spiro atoms. The van der Waals surface area contributed by atoms with Crippen LogP contribution in [-0.4, -0.2) is 36.5 Å². The van der Waals surface area contributed by atoms with E-state index in [1.54, 1.807) is 23.9 Å². The van der Waals surface area contributed by atoms with E-state index in [-0.39, 0.29) is 12.0 Å². The number of rotatable bonds is 5. The third-order valence-corrected chi connectivity index (χ3v) is 5.06. The van der Waals surface area contributed by atoms with Crippen LogP contribution in [-0.2, 0) is 10.0 Å². The van der Waals surface area contributed by atoms with Crippen LogP contribution in [0.1, 0.15) is 17.2 Å². The number of aromatic nitrogens is 3. The second kappa shape index (κ2) is 7.41. The van der Waals surface area contributed by atoms with Crippen LogP contribution in [0.2, 0.25) is 5.02 Å². The fraction of sp³-hybridized carbons (Fsp3) is 0.158. The van der Waals surface area contributed by atoms with Crippen molar-refractivity contribution in [1.29, 1.82) is 0 Å². The summed E-state index contributed by atoms with van der Waals surface area (Å²) in [5.74, 6) is 0.908. The fourth-order valence-corrected chi connectivity index (χ4v) is 3.60. The van der Waals surface area contributed by atoms with Crippen LogP contribution < -0.4 is 10.1 Å². The molecule has 1 aromatic heterocycles. The zero-order chi connectivity index (χ0) is 20.6. The minimum Gasteiger partial charge on any atom is -0.496 e. The molecule has 0 saturated carbocycles. The zero-order valence-corrected chi connectivity index (χ0v) is 17.1. The van der Waals surface area contributed by atoms with Crippen molar-refractivity contribution < 1.29 is 13.2 Å². The molecule has 1 aliphatic rings. The van der Waals surface area contributed by atoms with Crippen molar-refractivity contribution in [3.8, 4) is 5.75 Å². The molecule has 1 atom stereocenters. The highest BCUT2D eigenvalue weighted by Crippen LogP contribution is 2.37. The number of nitrogens with one attached hydrogen (secondary N) is 1. The third-order valence-electron chi connectivity index (χ3n) is 4.31. The Kier molecular flexibility index (Phi) is 4.93. The van der Waals surface area contributed by atoms with Crippen molar-refractivity contribution in [2.45, 2.75) is 6.04 Å². The van der Waals surface area contributed by atoms with Crippen molar-refractivity contribution in [2.75, 3.05) is 18.7 Å². The van der Waals surface area contributed by atoms with Gasteiger partial charge in [-0.25, -0.2) is 8.42 Å². The van der Waals surface area contributed by atoms with Crippen LogP contribution in [0.4, 0.5) is 11.9 Å². The summed E-state index contributed by atoms with van der Waals surface area (Å²) in [6.07, 6.45) is 2.96. The minimum absolute atomic E-state index is 0.138. The van der Waals surface area contributed by atoms with E-state index in [2.05, 4.69) is 20.1 Å². The Morgan fingerprint density at radius 3 is 2.59 bits per heavy atom. The molecule has 0 fully saturated rings. The van der Waals surface area contributed by atoms with Gasteiger partial charge in [0.15, 0.2) is 10.0 Å². The summed E-state index contributed by atoms with van der Waals surface area (Å²) >= 11 is 6.01. The summed E-state index contributed by atoms with van der Waals surface area (Å²) in [6, 6.07) is 14.5. The van der Waals surface area contributed by atoms with E-state index in [1.807, 2.05) is 42.5 Å². The second-order valence-corrected chi connectivity index (χ2v) is 8.49. The van der Waals surface area contributed by atoms with Gasteiger partial charge >= 0.3 is 0 Å². The Bertz CT molecular complexity index is 1190. The van der Waals surface area contributed by atoms with Crippen LogP contribution in [0.5, 0.6) is 5.75 Å². The predicted molar refractivity (Wildman–Crippen MR) is 112 cm³/mol. The maximum absolute atomic E-state index is 11.6. The first-order chi connectivity index (χ1) is 13.8. The maximum atomic E-state index is 11.6. The van der Waals surface area contributed by atoms with E-state index < -0.39 is 10.0 Å². The molecule has 1 aliphatic heterocycles.